The van der Waals surface area contributed by atoms with Gasteiger partial charge < -0.3 is 0 Å². The molecule has 0 saturated heterocycles. The van der Waals surface area contributed by atoms with Crippen LogP contribution in [0.25, 0.3) is 0 Å². The number of aromatic nitrogens is 2. The smallest absolute Gasteiger partial charge is 0.0820 e. The fraction of sp³-hybridized carbons (Fsp3) is 0.727. The van der Waals surface area contributed by atoms with Crippen LogP contribution in [0.4, 0.5) is 0 Å². The summed E-state index contributed by atoms with van der Waals surface area (Å²) >= 11 is 12.4. The van der Waals surface area contributed by atoms with E-state index in [-0.39, 0.29) is 5.38 Å². The molecule has 1 aliphatic carbocycles. The van der Waals surface area contributed by atoms with Crippen molar-refractivity contribution in [3.63, 3.8) is 0 Å². The van der Waals surface area contributed by atoms with Gasteiger partial charge in [-0.2, -0.15) is 5.10 Å². The fourth-order valence-electron chi connectivity index (χ4n) is 2.49. The van der Waals surface area contributed by atoms with E-state index in [1.807, 2.05) is 11.7 Å². The molecule has 0 aliphatic heterocycles. The second-order valence-electron chi connectivity index (χ2n) is 4.50. The molecule has 2 nitrogen and oxygen atoms in total. The molecule has 1 saturated carbocycles. The Balaban J connectivity index is 2.28. The maximum atomic E-state index is 6.23. The molecule has 2 rings (SSSR count). The minimum Gasteiger partial charge on any atom is -0.271 e. The molecule has 0 radical (unpaired) electrons. The van der Waals surface area contributed by atoms with Crippen molar-refractivity contribution >= 4 is 23.2 Å². The SMILES string of the molecule is CC1CCC(Cl)CC1c1c(Cl)cnn1C. The van der Waals surface area contributed by atoms with Crippen molar-refractivity contribution < 1.29 is 0 Å². The lowest BCUT2D eigenvalue weighted by molar-refractivity contribution is 0.322. The van der Waals surface area contributed by atoms with Gasteiger partial charge in [-0.05, 0) is 25.2 Å². The van der Waals surface area contributed by atoms with E-state index in [4.69, 9.17) is 23.2 Å². The fourth-order valence-corrected chi connectivity index (χ4v) is 3.11. The molecule has 4 heteroatoms. The zero-order valence-electron chi connectivity index (χ0n) is 9.08. The normalized spacial score (nSPS) is 31.9. The van der Waals surface area contributed by atoms with E-state index in [1.54, 1.807) is 6.20 Å². The number of aryl methyl sites for hydroxylation is 1. The summed E-state index contributed by atoms with van der Waals surface area (Å²) in [5.74, 6) is 1.11. The second kappa shape index (κ2) is 4.34. The van der Waals surface area contributed by atoms with Crippen LogP contribution >= 0.6 is 23.2 Å². The van der Waals surface area contributed by atoms with Crippen LogP contribution in [-0.2, 0) is 7.05 Å². The monoisotopic (exact) mass is 246 g/mol. The number of hydrogen-bond donors (Lipinski definition) is 0. The summed E-state index contributed by atoms with van der Waals surface area (Å²) in [6.07, 6.45) is 5.04. The topological polar surface area (TPSA) is 17.8 Å². The van der Waals surface area contributed by atoms with Gasteiger partial charge >= 0.3 is 0 Å². The van der Waals surface area contributed by atoms with Crippen molar-refractivity contribution in [1.29, 1.82) is 0 Å². The molecule has 3 unspecified atom stereocenters. The summed E-state index contributed by atoms with van der Waals surface area (Å²) in [6.45, 7) is 2.27. The predicted octanol–water partition coefficient (Wildman–Crippen LogP) is 3.58. The summed E-state index contributed by atoms with van der Waals surface area (Å²) < 4.78 is 1.89. The van der Waals surface area contributed by atoms with Crippen LogP contribution in [0.2, 0.25) is 5.02 Å². The van der Waals surface area contributed by atoms with Crippen LogP contribution in [0.3, 0.4) is 0 Å². The minimum absolute atomic E-state index is 0.289. The van der Waals surface area contributed by atoms with Crippen molar-refractivity contribution in [3.8, 4) is 0 Å². The van der Waals surface area contributed by atoms with E-state index >= 15 is 0 Å². The highest BCUT2D eigenvalue weighted by atomic mass is 35.5. The predicted molar refractivity (Wildman–Crippen MR) is 63.6 cm³/mol. The van der Waals surface area contributed by atoms with Gasteiger partial charge in [-0.25, -0.2) is 0 Å². The van der Waals surface area contributed by atoms with Crippen LogP contribution in [0.1, 0.15) is 37.8 Å². The lowest BCUT2D eigenvalue weighted by atomic mass is 9.78. The van der Waals surface area contributed by atoms with Gasteiger partial charge in [0.2, 0.25) is 0 Å². The van der Waals surface area contributed by atoms with Crippen molar-refractivity contribution in [2.75, 3.05) is 0 Å². The van der Waals surface area contributed by atoms with Crippen LogP contribution in [-0.4, -0.2) is 15.2 Å². The minimum atomic E-state index is 0.289. The Bertz CT molecular complexity index is 329. The van der Waals surface area contributed by atoms with E-state index in [1.165, 1.54) is 6.42 Å². The summed E-state index contributed by atoms with van der Waals surface area (Å²) in [4.78, 5) is 0. The van der Waals surface area contributed by atoms with E-state index in [2.05, 4.69) is 12.0 Å². The van der Waals surface area contributed by atoms with Crippen LogP contribution < -0.4 is 0 Å². The molecule has 0 spiro atoms. The third kappa shape index (κ3) is 2.16. The molecular formula is C11H16Cl2N2. The first kappa shape index (κ1) is 11.3. The maximum Gasteiger partial charge on any atom is 0.0820 e. The highest BCUT2D eigenvalue weighted by molar-refractivity contribution is 6.31. The zero-order chi connectivity index (χ0) is 11.0. The van der Waals surface area contributed by atoms with Crippen LogP contribution in [0.15, 0.2) is 6.20 Å². The summed E-state index contributed by atoms with van der Waals surface area (Å²) in [6, 6.07) is 0. The van der Waals surface area contributed by atoms with E-state index in [0.29, 0.717) is 11.8 Å². The van der Waals surface area contributed by atoms with E-state index in [9.17, 15) is 0 Å². The molecule has 0 amide bonds. The van der Waals surface area contributed by atoms with E-state index < -0.39 is 0 Å². The molecule has 84 valence electrons. The Morgan fingerprint density at radius 2 is 2.20 bits per heavy atom. The number of hydrogen-bond acceptors (Lipinski definition) is 1. The first-order valence-electron chi connectivity index (χ1n) is 5.41. The Morgan fingerprint density at radius 1 is 1.47 bits per heavy atom. The zero-order valence-corrected chi connectivity index (χ0v) is 10.6. The number of rotatable bonds is 1. The van der Waals surface area contributed by atoms with Crippen molar-refractivity contribution in [3.05, 3.63) is 16.9 Å². The Labute approximate surface area is 101 Å². The maximum absolute atomic E-state index is 6.23. The van der Waals surface area contributed by atoms with Crippen molar-refractivity contribution in [2.45, 2.75) is 37.5 Å². The molecule has 3 atom stereocenters. The number of nitrogens with zero attached hydrogens (tertiary/aromatic N) is 2. The number of alkyl halides is 1. The lowest BCUT2D eigenvalue weighted by Crippen LogP contribution is -2.23. The largest absolute Gasteiger partial charge is 0.271 e. The molecule has 0 aromatic carbocycles. The van der Waals surface area contributed by atoms with Crippen LogP contribution in [0.5, 0.6) is 0 Å². The molecule has 0 N–H and O–H groups in total. The Kier molecular flexibility index (Phi) is 3.27. The summed E-state index contributed by atoms with van der Waals surface area (Å²) in [5, 5.41) is 5.26. The molecule has 1 aromatic rings. The third-order valence-corrected chi connectivity index (χ3v) is 4.11. The summed E-state index contributed by atoms with van der Waals surface area (Å²) in [5.41, 5.74) is 1.15. The summed E-state index contributed by atoms with van der Waals surface area (Å²) in [7, 11) is 1.95. The van der Waals surface area contributed by atoms with Gasteiger partial charge in [0.1, 0.15) is 0 Å². The standard InChI is InChI=1S/C11H16Cl2N2/c1-7-3-4-8(12)5-9(7)11-10(13)6-14-15(11)2/h6-9H,3-5H2,1-2H3. The Hall–Kier alpha value is -0.210. The van der Waals surface area contributed by atoms with Crippen molar-refractivity contribution in [1.82, 2.24) is 9.78 Å². The third-order valence-electron chi connectivity index (χ3n) is 3.42. The highest BCUT2D eigenvalue weighted by Gasteiger charge is 2.31. The highest BCUT2D eigenvalue weighted by Crippen LogP contribution is 2.41. The van der Waals surface area contributed by atoms with E-state index in [0.717, 1.165) is 23.6 Å². The van der Waals surface area contributed by atoms with Gasteiger partial charge in [0, 0.05) is 18.3 Å². The molecule has 15 heavy (non-hydrogen) atoms. The molecule has 1 fully saturated rings. The Morgan fingerprint density at radius 3 is 2.80 bits per heavy atom. The average molecular weight is 247 g/mol. The van der Waals surface area contributed by atoms with Crippen molar-refractivity contribution in [2.24, 2.45) is 13.0 Å². The molecule has 1 aliphatic rings. The average Bonchev–Trinajstić information content (AvgIpc) is 2.51. The molecular weight excluding hydrogens is 231 g/mol. The first-order valence-corrected chi connectivity index (χ1v) is 6.22. The van der Waals surface area contributed by atoms with Gasteiger partial charge in [0.15, 0.2) is 0 Å². The first-order chi connectivity index (χ1) is 7.09. The van der Waals surface area contributed by atoms with Gasteiger partial charge in [-0.15, -0.1) is 11.6 Å². The molecule has 1 heterocycles. The molecule has 1 aromatic heterocycles. The second-order valence-corrected chi connectivity index (χ2v) is 5.52. The van der Waals surface area contributed by atoms with Gasteiger partial charge in [0.25, 0.3) is 0 Å². The van der Waals surface area contributed by atoms with Gasteiger partial charge in [-0.3, -0.25) is 4.68 Å². The van der Waals surface area contributed by atoms with Crippen LogP contribution in [0, 0.1) is 5.92 Å². The quantitative estimate of drug-likeness (QED) is 0.693. The lowest BCUT2D eigenvalue weighted by Gasteiger charge is -2.31. The van der Waals surface area contributed by atoms with Gasteiger partial charge in [-0.1, -0.05) is 18.5 Å². The van der Waals surface area contributed by atoms with Gasteiger partial charge in [0.05, 0.1) is 16.9 Å². The number of halogens is 2. The molecule has 0 bridgehead atoms.